The van der Waals surface area contributed by atoms with Crippen molar-refractivity contribution in [1.82, 2.24) is 0 Å². The Bertz CT molecular complexity index is 837. The first-order valence-corrected chi connectivity index (χ1v) is 9.55. The van der Waals surface area contributed by atoms with Gasteiger partial charge in [0.1, 0.15) is 9.75 Å². The molecule has 3 nitrogen and oxygen atoms in total. The van der Waals surface area contributed by atoms with Crippen molar-refractivity contribution in [3.05, 3.63) is 39.9 Å². The Hall–Kier alpha value is -0.160. The van der Waals surface area contributed by atoms with Gasteiger partial charge in [-0.15, -0.1) is 23.2 Å². The molecule has 2 fully saturated rings. The number of halogens is 6. The van der Waals surface area contributed by atoms with E-state index in [9.17, 15) is 9.59 Å². The van der Waals surface area contributed by atoms with E-state index in [0.29, 0.717) is 5.69 Å². The topological polar surface area (TPSA) is 37.4 Å². The SMILES string of the molecule is Cc1ccccc1N1C(=O)C2C(C1=O)C1(Cl)C(Cl)=C(Cl)C2(Cl)C1(Cl)Cl. The van der Waals surface area contributed by atoms with E-state index in [1.807, 2.05) is 0 Å². The lowest BCUT2D eigenvalue weighted by molar-refractivity contribution is -0.123. The van der Waals surface area contributed by atoms with Gasteiger partial charge in [0.25, 0.3) is 0 Å². The quantitative estimate of drug-likeness (QED) is 0.440. The van der Waals surface area contributed by atoms with Gasteiger partial charge in [0.2, 0.25) is 11.8 Å². The Morgan fingerprint density at radius 3 is 1.76 bits per heavy atom. The number of nitrogens with zero attached hydrogens (tertiary/aromatic N) is 1. The lowest BCUT2D eigenvalue weighted by Crippen LogP contribution is -2.50. The van der Waals surface area contributed by atoms with E-state index in [4.69, 9.17) is 69.6 Å². The molecule has 0 radical (unpaired) electrons. The van der Waals surface area contributed by atoms with Crippen LogP contribution in [0.4, 0.5) is 5.69 Å². The Morgan fingerprint density at radius 2 is 1.32 bits per heavy atom. The van der Waals surface area contributed by atoms with Gasteiger partial charge in [-0.2, -0.15) is 0 Å². The maximum Gasteiger partial charge on any atom is 0.240 e. The van der Waals surface area contributed by atoms with Gasteiger partial charge in [-0.1, -0.05) is 64.6 Å². The number of carbonyl (C=O) groups excluding carboxylic acids is 2. The van der Waals surface area contributed by atoms with Crippen LogP contribution in [0.3, 0.4) is 0 Å². The zero-order valence-corrected chi connectivity index (χ0v) is 17.0. The molecule has 25 heavy (non-hydrogen) atoms. The molecule has 4 rings (SSSR count). The van der Waals surface area contributed by atoms with Gasteiger partial charge in [0, 0.05) is 0 Å². The predicted octanol–water partition coefficient (Wildman–Crippen LogP) is 4.95. The van der Waals surface area contributed by atoms with Crippen LogP contribution in [0.15, 0.2) is 34.3 Å². The summed E-state index contributed by atoms with van der Waals surface area (Å²) < 4.78 is -1.91. The molecule has 2 aliphatic carbocycles. The van der Waals surface area contributed by atoms with Gasteiger partial charge in [0.15, 0.2) is 4.33 Å². The zero-order chi connectivity index (χ0) is 18.5. The highest BCUT2D eigenvalue weighted by molar-refractivity contribution is 6.67. The molecule has 1 saturated heterocycles. The summed E-state index contributed by atoms with van der Waals surface area (Å²) in [5.41, 5.74) is 1.20. The summed E-state index contributed by atoms with van der Waals surface area (Å²) >= 11 is 38.7. The van der Waals surface area contributed by atoms with Gasteiger partial charge in [0.05, 0.1) is 27.6 Å². The van der Waals surface area contributed by atoms with Crippen molar-refractivity contribution in [2.45, 2.75) is 21.0 Å². The standard InChI is InChI=1S/C16H9Cl6NO2/c1-6-4-2-3-5-7(6)23-12(24)8-9(13(23)25)15(20)11(18)10(17)14(8,19)16(15,21)22/h2-5,8-9H,1H3. The molecule has 132 valence electrons. The molecule has 1 saturated carbocycles. The van der Waals surface area contributed by atoms with E-state index in [2.05, 4.69) is 0 Å². The molecule has 0 aromatic heterocycles. The Kier molecular flexibility index (Phi) is 3.80. The van der Waals surface area contributed by atoms with Crippen LogP contribution in [0.25, 0.3) is 0 Å². The number of hydrogen-bond donors (Lipinski definition) is 0. The van der Waals surface area contributed by atoms with Crippen LogP contribution in [0.5, 0.6) is 0 Å². The molecular weight excluding hydrogens is 451 g/mol. The van der Waals surface area contributed by atoms with Crippen LogP contribution in [0.1, 0.15) is 5.56 Å². The summed E-state index contributed by atoms with van der Waals surface area (Å²) in [4.78, 5) is 23.8. The second kappa shape index (κ2) is 5.21. The first-order chi connectivity index (χ1) is 11.5. The third-order valence-corrected chi connectivity index (χ3v) is 9.52. The first-order valence-electron chi connectivity index (χ1n) is 7.28. The van der Waals surface area contributed by atoms with Gasteiger partial charge >= 0.3 is 0 Å². The molecule has 4 atom stereocenters. The van der Waals surface area contributed by atoms with Gasteiger partial charge < -0.3 is 0 Å². The van der Waals surface area contributed by atoms with Crippen LogP contribution in [-0.4, -0.2) is 25.9 Å². The minimum absolute atomic E-state index is 0.0927. The monoisotopic (exact) mass is 457 g/mol. The largest absolute Gasteiger partial charge is 0.274 e. The second-order valence-electron chi connectivity index (χ2n) is 6.38. The third kappa shape index (κ3) is 1.74. The molecule has 0 N–H and O–H groups in total. The number of allylic oxidation sites excluding steroid dienone is 2. The number of para-hydroxylation sites is 1. The number of hydrogen-bond acceptors (Lipinski definition) is 2. The number of fused-ring (bicyclic) bond motifs is 5. The number of carbonyl (C=O) groups is 2. The average molecular weight is 460 g/mol. The normalized spacial score (nSPS) is 38.8. The second-order valence-corrected chi connectivity index (χ2v) is 9.66. The minimum Gasteiger partial charge on any atom is -0.274 e. The molecule has 4 unspecified atom stereocenters. The molecule has 9 heteroatoms. The highest BCUT2D eigenvalue weighted by atomic mass is 35.5. The molecule has 1 heterocycles. The van der Waals surface area contributed by atoms with Crippen molar-refractivity contribution >= 4 is 87.1 Å². The zero-order valence-electron chi connectivity index (χ0n) is 12.5. The fraction of sp³-hybridized carbons (Fsp3) is 0.375. The summed E-state index contributed by atoms with van der Waals surface area (Å²) in [6.07, 6.45) is 0. The highest BCUT2D eigenvalue weighted by Gasteiger charge is 2.87. The van der Waals surface area contributed by atoms with E-state index in [1.54, 1.807) is 31.2 Å². The smallest absolute Gasteiger partial charge is 0.240 e. The number of aryl methyl sites for hydroxylation is 1. The number of anilines is 1. The van der Waals surface area contributed by atoms with Crippen molar-refractivity contribution in [3.8, 4) is 0 Å². The van der Waals surface area contributed by atoms with Crippen LogP contribution in [-0.2, 0) is 9.59 Å². The summed E-state index contributed by atoms with van der Waals surface area (Å²) in [7, 11) is 0. The Labute approximate surface area is 173 Å². The van der Waals surface area contributed by atoms with Gasteiger partial charge in [-0.05, 0) is 18.6 Å². The number of rotatable bonds is 1. The fourth-order valence-corrected chi connectivity index (χ4v) is 6.98. The molecule has 1 aliphatic heterocycles. The number of alkyl halides is 4. The van der Waals surface area contributed by atoms with Crippen LogP contribution in [0, 0.1) is 18.8 Å². The highest BCUT2D eigenvalue weighted by Crippen LogP contribution is 2.77. The molecule has 1 aromatic rings. The van der Waals surface area contributed by atoms with Crippen molar-refractivity contribution < 1.29 is 9.59 Å². The summed E-state index contributed by atoms with van der Waals surface area (Å²) in [6, 6.07) is 6.99. The van der Waals surface area contributed by atoms with E-state index < -0.39 is 37.7 Å². The van der Waals surface area contributed by atoms with Gasteiger partial charge in [-0.3, -0.25) is 9.59 Å². The first kappa shape index (κ1) is 18.2. The van der Waals surface area contributed by atoms with Crippen molar-refractivity contribution in [2.75, 3.05) is 4.90 Å². The Morgan fingerprint density at radius 1 is 0.880 bits per heavy atom. The van der Waals surface area contributed by atoms with Crippen molar-refractivity contribution in [3.63, 3.8) is 0 Å². The molecule has 0 spiro atoms. The van der Waals surface area contributed by atoms with Crippen LogP contribution < -0.4 is 4.90 Å². The lowest BCUT2D eigenvalue weighted by atomic mass is 9.84. The van der Waals surface area contributed by atoms with E-state index in [-0.39, 0.29) is 10.1 Å². The van der Waals surface area contributed by atoms with Crippen molar-refractivity contribution in [1.29, 1.82) is 0 Å². The number of benzene rings is 1. The van der Waals surface area contributed by atoms with E-state index in [1.165, 1.54) is 0 Å². The van der Waals surface area contributed by atoms with Crippen LogP contribution >= 0.6 is 69.6 Å². The molecular formula is C16H9Cl6NO2. The predicted molar refractivity (Wildman–Crippen MR) is 101 cm³/mol. The van der Waals surface area contributed by atoms with Crippen LogP contribution in [0.2, 0.25) is 0 Å². The van der Waals surface area contributed by atoms with E-state index >= 15 is 0 Å². The molecule has 2 bridgehead atoms. The van der Waals surface area contributed by atoms with E-state index in [0.717, 1.165) is 10.5 Å². The fourth-order valence-electron chi connectivity index (χ4n) is 4.05. The minimum atomic E-state index is -1.91. The molecule has 1 aromatic carbocycles. The maximum atomic E-state index is 13.1. The summed E-state index contributed by atoms with van der Waals surface area (Å²) in [5.74, 6) is -3.31. The third-order valence-electron chi connectivity index (χ3n) is 5.27. The lowest BCUT2D eigenvalue weighted by Gasteiger charge is -2.34. The maximum absolute atomic E-state index is 13.1. The number of imide groups is 1. The Balaban J connectivity index is 1.94. The number of amides is 2. The summed E-state index contributed by atoms with van der Waals surface area (Å²) in [5, 5.41) is -0.185. The molecule has 3 aliphatic rings. The average Bonchev–Trinajstić information content (AvgIpc) is 2.93. The molecule has 2 amide bonds. The van der Waals surface area contributed by atoms with Gasteiger partial charge in [-0.25, -0.2) is 4.90 Å². The summed E-state index contributed by atoms with van der Waals surface area (Å²) in [6.45, 7) is 1.79. The van der Waals surface area contributed by atoms with Crippen molar-refractivity contribution in [2.24, 2.45) is 11.8 Å².